The molecule has 5 rings (SSSR count). The zero-order valence-corrected chi connectivity index (χ0v) is 22.0. The first-order valence-electron chi connectivity index (χ1n) is 12.3. The zero-order chi connectivity index (χ0) is 26.2. The molecular weight excluding hydrogens is 495 g/mol. The van der Waals surface area contributed by atoms with Gasteiger partial charge in [-0.2, -0.15) is 5.10 Å². The second-order valence-corrected chi connectivity index (χ2v) is 12.8. The summed E-state index contributed by atoms with van der Waals surface area (Å²) in [5.41, 5.74) is 1.85. The van der Waals surface area contributed by atoms with E-state index in [1.165, 1.54) is 12.1 Å². The van der Waals surface area contributed by atoms with Gasteiger partial charge in [-0.05, 0) is 51.1 Å². The first-order valence-corrected chi connectivity index (χ1v) is 13.8. The predicted octanol–water partition coefficient (Wildman–Crippen LogP) is 3.85. The van der Waals surface area contributed by atoms with Crippen LogP contribution in [0.15, 0.2) is 47.5 Å². The molecule has 1 aliphatic rings. The van der Waals surface area contributed by atoms with Crippen molar-refractivity contribution < 1.29 is 17.5 Å². The van der Waals surface area contributed by atoms with Crippen LogP contribution in [-0.2, 0) is 9.84 Å². The second kappa shape index (κ2) is 9.88. The van der Waals surface area contributed by atoms with Crippen LogP contribution in [0.1, 0.15) is 20.8 Å². The Morgan fingerprint density at radius 3 is 2.65 bits per heavy atom. The lowest BCUT2D eigenvalue weighted by molar-refractivity contribution is 0.189. The van der Waals surface area contributed by atoms with E-state index in [0.717, 1.165) is 26.2 Å². The number of sulfone groups is 1. The number of hydrogen-bond donors (Lipinski definition) is 3. The van der Waals surface area contributed by atoms with Gasteiger partial charge in [-0.15, -0.1) is 0 Å². The number of pyridine rings is 1. The van der Waals surface area contributed by atoms with Crippen LogP contribution in [0.4, 0.5) is 15.9 Å². The van der Waals surface area contributed by atoms with Gasteiger partial charge in [-0.3, -0.25) is 15.0 Å². The Kier molecular flexibility index (Phi) is 6.78. The molecule has 3 heterocycles. The van der Waals surface area contributed by atoms with E-state index in [-0.39, 0.29) is 16.5 Å². The van der Waals surface area contributed by atoms with Crippen LogP contribution in [0.2, 0.25) is 0 Å². The van der Waals surface area contributed by atoms with Crippen molar-refractivity contribution in [2.24, 2.45) is 0 Å². The van der Waals surface area contributed by atoms with E-state index >= 15 is 0 Å². The number of piperazine rings is 1. The van der Waals surface area contributed by atoms with Crippen molar-refractivity contribution in [1.82, 2.24) is 25.4 Å². The Morgan fingerprint density at radius 2 is 1.89 bits per heavy atom. The van der Waals surface area contributed by atoms with Crippen LogP contribution < -0.4 is 15.4 Å². The lowest BCUT2D eigenvalue weighted by Crippen LogP contribution is -2.44. The van der Waals surface area contributed by atoms with Gasteiger partial charge in [0, 0.05) is 55.8 Å². The fraction of sp³-hybridized carbons (Fsp3) is 0.385. The van der Waals surface area contributed by atoms with Gasteiger partial charge in [0.05, 0.1) is 21.5 Å². The number of ether oxygens (including phenoxy) is 1. The van der Waals surface area contributed by atoms with Crippen LogP contribution in [-0.4, -0.2) is 72.6 Å². The molecule has 196 valence electrons. The number of nitrogens with one attached hydrogen (secondary N) is 3. The number of nitrogens with zero attached hydrogens (tertiary/aromatic N) is 3. The van der Waals surface area contributed by atoms with E-state index in [1.54, 1.807) is 51.2 Å². The number of rotatable bonds is 7. The summed E-state index contributed by atoms with van der Waals surface area (Å²) in [7, 11) is -3.75. The highest BCUT2D eigenvalue weighted by Gasteiger charge is 2.34. The molecule has 0 bridgehead atoms. The van der Waals surface area contributed by atoms with Gasteiger partial charge in [0.25, 0.3) is 0 Å². The number of fused-ring (bicyclic) bond motifs is 2. The summed E-state index contributed by atoms with van der Waals surface area (Å²) in [5.74, 6) is 0.339. The Hall–Kier alpha value is -3.28. The van der Waals surface area contributed by atoms with E-state index in [9.17, 15) is 12.8 Å². The van der Waals surface area contributed by atoms with Crippen molar-refractivity contribution in [2.75, 3.05) is 44.6 Å². The quantitative estimate of drug-likeness (QED) is 0.333. The minimum atomic E-state index is -3.75. The molecule has 1 fully saturated rings. The highest BCUT2D eigenvalue weighted by molar-refractivity contribution is 7.92. The zero-order valence-electron chi connectivity index (χ0n) is 21.1. The number of aromatic nitrogens is 3. The molecule has 0 aliphatic carbocycles. The largest absolute Gasteiger partial charge is 0.491 e. The van der Waals surface area contributed by atoms with Gasteiger partial charge >= 0.3 is 0 Å². The molecule has 4 aromatic rings. The van der Waals surface area contributed by atoms with Crippen LogP contribution in [0.5, 0.6) is 5.75 Å². The molecule has 0 unspecified atom stereocenters. The summed E-state index contributed by atoms with van der Waals surface area (Å²) < 4.78 is 46.2. The van der Waals surface area contributed by atoms with E-state index in [4.69, 9.17) is 4.74 Å². The van der Waals surface area contributed by atoms with Crippen LogP contribution in [0.25, 0.3) is 21.8 Å². The second-order valence-electron chi connectivity index (χ2n) is 10.1. The summed E-state index contributed by atoms with van der Waals surface area (Å²) in [5, 5.41) is 14.9. The molecule has 0 saturated carbocycles. The molecule has 0 amide bonds. The fourth-order valence-corrected chi connectivity index (χ4v) is 5.66. The minimum absolute atomic E-state index is 0.113. The van der Waals surface area contributed by atoms with E-state index in [1.807, 2.05) is 0 Å². The first kappa shape index (κ1) is 25.4. The minimum Gasteiger partial charge on any atom is -0.491 e. The number of aromatic amines is 1. The van der Waals surface area contributed by atoms with Gasteiger partial charge in [0.15, 0.2) is 15.7 Å². The molecule has 9 nitrogen and oxygen atoms in total. The van der Waals surface area contributed by atoms with Crippen molar-refractivity contribution in [3.05, 3.63) is 48.4 Å². The standard InChI is InChI=1S/C26H31FN6O3S/c1-26(2,3)37(34,35)24-15-18-20(30-25-19-14-17(27)4-5-21(19)31-32-25)6-7-29-22(18)16-23(24)36-13-12-33-10-8-28-9-11-33/h4-7,14-16,28H,8-13H2,1-3H3,(H2,29,30,31,32). The van der Waals surface area contributed by atoms with Crippen molar-refractivity contribution >= 4 is 43.1 Å². The molecule has 37 heavy (non-hydrogen) atoms. The Balaban J connectivity index is 1.54. The highest BCUT2D eigenvalue weighted by Crippen LogP contribution is 2.38. The summed E-state index contributed by atoms with van der Waals surface area (Å²) in [6.07, 6.45) is 1.63. The molecule has 1 saturated heterocycles. The monoisotopic (exact) mass is 526 g/mol. The van der Waals surface area contributed by atoms with Crippen molar-refractivity contribution in [3.63, 3.8) is 0 Å². The number of halogens is 1. The lowest BCUT2D eigenvalue weighted by Gasteiger charge is -2.27. The van der Waals surface area contributed by atoms with Crippen molar-refractivity contribution in [1.29, 1.82) is 0 Å². The molecule has 0 radical (unpaired) electrons. The maximum Gasteiger partial charge on any atom is 0.186 e. The molecule has 0 atom stereocenters. The fourth-order valence-electron chi connectivity index (χ4n) is 4.34. The van der Waals surface area contributed by atoms with Gasteiger partial charge < -0.3 is 15.4 Å². The van der Waals surface area contributed by atoms with Crippen molar-refractivity contribution in [2.45, 2.75) is 30.4 Å². The van der Waals surface area contributed by atoms with Gasteiger partial charge in [0.2, 0.25) is 0 Å². The smallest absolute Gasteiger partial charge is 0.186 e. The molecule has 0 spiro atoms. The normalized spacial score (nSPS) is 15.4. The predicted molar refractivity (Wildman–Crippen MR) is 143 cm³/mol. The van der Waals surface area contributed by atoms with Crippen LogP contribution in [0, 0.1) is 5.82 Å². The molecule has 2 aromatic heterocycles. The van der Waals surface area contributed by atoms with Gasteiger partial charge in [-0.1, -0.05) is 0 Å². The maximum atomic E-state index is 13.9. The third kappa shape index (κ3) is 5.11. The Morgan fingerprint density at radius 1 is 1.11 bits per heavy atom. The average Bonchev–Trinajstić information content (AvgIpc) is 3.25. The number of hydrogen-bond acceptors (Lipinski definition) is 8. The Bertz CT molecular complexity index is 1540. The summed E-state index contributed by atoms with van der Waals surface area (Å²) in [6, 6.07) is 9.40. The Labute approximate surface area is 215 Å². The lowest BCUT2D eigenvalue weighted by atomic mass is 10.1. The molecule has 11 heteroatoms. The summed E-state index contributed by atoms with van der Waals surface area (Å²) in [4.78, 5) is 6.87. The van der Waals surface area contributed by atoms with Gasteiger partial charge in [0.1, 0.15) is 23.1 Å². The van der Waals surface area contributed by atoms with E-state index in [2.05, 4.69) is 30.7 Å². The topological polar surface area (TPSA) is 112 Å². The third-order valence-electron chi connectivity index (χ3n) is 6.56. The van der Waals surface area contributed by atoms with Crippen molar-refractivity contribution in [3.8, 4) is 5.75 Å². The number of anilines is 2. The van der Waals surface area contributed by atoms with E-state index < -0.39 is 14.6 Å². The molecule has 3 N–H and O–H groups in total. The summed E-state index contributed by atoms with van der Waals surface area (Å²) >= 11 is 0. The van der Waals surface area contributed by atoms with Crippen LogP contribution >= 0.6 is 0 Å². The van der Waals surface area contributed by atoms with E-state index in [0.29, 0.717) is 46.5 Å². The molecular formula is C26H31FN6O3S. The highest BCUT2D eigenvalue weighted by atomic mass is 32.2. The maximum absolute atomic E-state index is 13.9. The molecule has 2 aromatic carbocycles. The average molecular weight is 527 g/mol. The SMILES string of the molecule is CC(C)(C)S(=O)(=O)c1cc2c(Nc3n[nH]c4ccc(F)cc34)ccnc2cc1OCCN1CCNCC1. The number of benzene rings is 2. The van der Waals surface area contributed by atoms with Crippen LogP contribution in [0.3, 0.4) is 0 Å². The third-order valence-corrected chi connectivity index (χ3v) is 9.07. The molecule has 1 aliphatic heterocycles. The summed E-state index contributed by atoms with van der Waals surface area (Å²) in [6.45, 7) is 9.78. The first-order chi connectivity index (χ1) is 17.6. The van der Waals surface area contributed by atoms with Gasteiger partial charge in [-0.25, -0.2) is 12.8 Å². The number of H-pyrrole nitrogens is 1.